The Labute approximate surface area is 207 Å². The summed E-state index contributed by atoms with van der Waals surface area (Å²) in [5.41, 5.74) is 5.03. The molecule has 0 aliphatic rings. The van der Waals surface area contributed by atoms with Gasteiger partial charge in [0, 0.05) is 18.1 Å². The van der Waals surface area contributed by atoms with Gasteiger partial charge in [-0.1, -0.05) is 68.8 Å². The second kappa shape index (κ2) is 13.4. The van der Waals surface area contributed by atoms with E-state index in [0.29, 0.717) is 23.3 Å². The summed E-state index contributed by atoms with van der Waals surface area (Å²) in [6.07, 6.45) is 6.17. The Morgan fingerprint density at radius 3 is 2.37 bits per heavy atom. The van der Waals surface area contributed by atoms with E-state index in [-0.39, 0.29) is 25.6 Å². The maximum atomic E-state index is 15.2. The molecule has 0 fully saturated rings. The average molecular weight is 477 g/mol. The number of ether oxygens (including phenoxy) is 2. The Kier molecular flexibility index (Phi) is 10.1. The zero-order valence-electron chi connectivity index (χ0n) is 20.3. The molecular weight excluding hydrogens is 443 g/mol. The predicted molar refractivity (Wildman–Crippen MR) is 138 cm³/mol. The number of hydrogen-bond acceptors (Lipinski definition) is 4. The molecule has 0 saturated carbocycles. The van der Waals surface area contributed by atoms with Crippen LogP contribution >= 0.6 is 0 Å². The molecule has 35 heavy (non-hydrogen) atoms. The summed E-state index contributed by atoms with van der Waals surface area (Å²) in [6, 6.07) is 19.0. The van der Waals surface area contributed by atoms with Gasteiger partial charge >= 0.3 is 5.97 Å². The molecule has 184 valence electrons. The molecule has 3 rings (SSSR count). The van der Waals surface area contributed by atoms with E-state index in [4.69, 9.17) is 14.6 Å². The molecular formula is C30H33FO4. The first kappa shape index (κ1) is 26.2. The summed E-state index contributed by atoms with van der Waals surface area (Å²) in [4.78, 5) is 11.4. The summed E-state index contributed by atoms with van der Waals surface area (Å²) in [5, 5.41) is 9.10. The molecule has 0 bridgehead atoms. The first-order chi connectivity index (χ1) is 17.0. The average Bonchev–Trinajstić information content (AvgIpc) is 2.88. The van der Waals surface area contributed by atoms with Crippen LogP contribution in [0.15, 0.2) is 73.3 Å². The number of carbonyl (C=O) groups excluding carboxylic acids is 1. The van der Waals surface area contributed by atoms with Gasteiger partial charge in [0.25, 0.3) is 0 Å². The third-order valence-electron chi connectivity index (χ3n) is 5.83. The quantitative estimate of drug-likeness (QED) is 0.173. The van der Waals surface area contributed by atoms with Crippen molar-refractivity contribution in [1.82, 2.24) is 0 Å². The lowest BCUT2D eigenvalue weighted by Crippen LogP contribution is -2.08. The first-order valence-electron chi connectivity index (χ1n) is 12.1. The van der Waals surface area contributed by atoms with Gasteiger partial charge in [0.1, 0.15) is 18.2 Å². The number of rotatable bonds is 13. The first-order valence-corrected chi connectivity index (χ1v) is 12.1. The highest BCUT2D eigenvalue weighted by Crippen LogP contribution is 2.32. The van der Waals surface area contributed by atoms with Crippen LogP contribution < -0.4 is 4.74 Å². The molecule has 0 amide bonds. The maximum absolute atomic E-state index is 15.2. The third kappa shape index (κ3) is 7.52. The molecule has 3 aromatic rings. The van der Waals surface area contributed by atoms with Crippen LogP contribution in [0.5, 0.6) is 5.75 Å². The molecule has 0 spiro atoms. The minimum Gasteiger partial charge on any atom is -0.491 e. The molecule has 0 saturated heterocycles. The van der Waals surface area contributed by atoms with Crippen molar-refractivity contribution in [2.24, 2.45) is 0 Å². The Balaban J connectivity index is 1.80. The topological polar surface area (TPSA) is 55.8 Å². The summed E-state index contributed by atoms with van der Waals surface area (Å²) < 4.78 is 25.9. The molecule has 4 nitrogen and oxygen atoms in total. The standard InChI is InChI=1S/C30H33FO4/c1-3-5-6-7-22-8-10-23(11-9-22)24-12-14-27(28(31)21-24)25-13-15-29(34-19-17-32)26(20-25)16-18-35-30(33)4-2/h4,8-15,20-21,32H,2-3,5-7,16-19H2,1H3. The van der Waals surface area contributed by atoms with E-state index >= 15 is 4.39 Å². The summed E-state index contributed by atoms with van der Waals surface area (Å²) in [7, 11) is 0. The van der Waals surface area contributed by atoms with Gasteiger partial charge in [-0.05, 0) is 58.9 Å². The number of carbonyl (C=O) groups is 1. The van der Waals surface area contributed by atoms with E-state index in [9.17, 15) is 4.79 Å². The second-order valence-electron chi connectivity index (χ2n) is 8.36. The van der Waals surface area contributed by atoms with Crippen molar-refractivity contribution in [3.63, 3.8) is 0 Å². The maximum Gasteiger partial charge on any atom is 0.330 e. The fourth-order valence-electron chi connectivity index (χ4n) is 3.93. The van der Waals surface area contributed by atoms with Crippen LogP contribution in [-0.2, 0) is 22.4 Å². The molecule has 1 N–H and O–H groups in total. The number of halogens is 1. The fraction of sp³-hybridized carbons (Fsp3) is 0.300. The van der Waals surface area contributed by atoms with Crippen LogP contribution in [0, 0.1) is 5.82 Å². The lowest BCUT2D eigenvalue weighted by molar-refractivity contribution is -0.137. The van der Waals surface area contributed by atoms with Crippen LogP contribution in [-0.4, -0.2) is 30.9 Å². The van der Waals surface area contributed by atoms with Crippen LogP contribution in [0.1, 0.15) is 37.3 Å². The van der Waals surface area contributed by atoms with E-state index in [1.54, 1.807) is 24.3 Å². The SMILES string of the molecule is C=CC(=O)OCCc1cc(-c2ccc(-c3ccc(CCCCC)cc3)cc2F)ccc1OCCO. The number of esters is 1. The van der Waals surface area contributed by atoms with Crippen molar-refractivity contribution in [3.05, 3.63) is 90.3 Å². The van der Waals surface area contributed by atoms with Crippen LogP contribution in [0.25, 0.3) is 22.3 Å². The zero-order chi connectivity index (χ0) is 25.0. The summed E-state index contributed by atoms with van der Waals surface area (Å²) in [6.45, 7) is 5.74. The van der Waals surface area contributed by atoms with Crippen molar-refractivity contribution in [2.45, 2.75) is 39.0 Å². The minimum atomic E-state index is -0.505. The number of aliphatic hydroxyl groups is 1. The summed E-state index contributed by atoms with van der Waals surface area (Å²) in [5.74, 6) is -0.259. The normalized spacial score (nSPS) is 10.7. The molecule has 3 aromatic carbocycles. The summed E-state index contributed by atoms with van der Waals surface area (Å²) >= 11 is 0. The number of unbranched alkanes of at least 4 members (excludes halogenated alkanes) is 2. The predicted octanol–water partition coefficient (Wildman–Crippen LogP) is 6.54. The molecule has 5 heteroatoms. The largest absolute Gasteiger partial charge is 0.491 e. The molecule has 0 aliphatic heterocycles. The lowest BCUT2D eigenvalue weighted by Gasteiger charge is -2.14. The highest BCUT2D eigenvalue weighted by atomic mass is 19.1. The van der Waals surface area contributed by atoms with Gasteiger partial charge in [0.05, 0.1) is 13.2 Å². The van der Waals surface area contributed by atoms with Crippen molar-refractivity contribution in [3.8, 4) is 28.0 Å². The van der Waals surface area contributed by atoms with E-state index in [2.05, 4.69) is 25.6 Å². The van der Waals surface area contributed by atoms with Gasteiger partial charge in [-0.2, -0.15) is 0 Å². The Morgan fingerprint density at radius 2 is 1.69 bits per heavy atom. The van der Waals surface area contributed by atoms with Crippen molar-refractivity contribution in [1.29, 1.82) is 0 Å². The molecule has 0 aliphatic carbocycles. The van der Waals surface area contributed by atoms with Gasteiger partial charge < -0.3 is 14.6 Å². The van der Waals surface area contributed by atoms with Gasteiger partial charge in [0.2, 0.25) is 0 Å². The number of aliphatic hydroxyl groups excluding tert-OH is 1. The van der Waals surface area contributed by atoms with Gasteiger partial charge in [-0.3, -0.25) is 0 Å². The molecule has 0 unspecified atom stereocenters. The second-order valence-corrected chi connectivity index (χ2v) is 8.36. The third-order valence-corrected chi connectivity index (χ3v) is 5.83. The number of hydrogen-bond donors (Lipinski definition) is 1. The van der Waals surface area contributed by atoms with Crippen molar-refractivity contribution in [2.75, 3.05) is 19.8 Å². The number of benzene rings is 3. The molecule has 0 aromatic heterocycles. The van der Waals surface area contributed by atoms with Gasteiger partial charge in [-0.25, -0.2) is 9.18 Å². The Hall–Kier alpha value is -3.44. The molecule has 0 atom stereocenters. The fourth-order valence-corrected chi connectivity index (χ4v) is 3.93. The lowest BCUT2D eigenvalue weighted by atomic mass is 9.96. The van der Waals surface area contributed by atoms with Crippen molar-refractivity contribution < 1.29 is 23.8 Å². The Morgan fingerprint density at radius 1 is 0.943 bits per heavy atom. The van der Waals surface area contributed by atoms with E-state index in [1.165, 1.54) is 24.8 Å². The monoisotopic (exact) mass is 476 g/mol. The highest BCUT2D eigenvalue weighted by molar-refractivity contribution is 5.81. The van der Waals surface area contributed by atoms with Crippen LogP contribution in [0.4, 0.5) is 4.39 Å². The zero-order valence-corrected chi connectivity index (χ0v) is 20.3. The van der Waals surface area contributed by atoms with Crippen molar-refractivity contribution >= 4 is 5.97 Å². The number of aryl methyl sites for hydroxylation is 1. The highest BCUT2D eigenvalue weighted by Gasteiger charge is 2.12. The van der Waals surface area contributed by atoms with Crippen LogP contribution in [0.2, 0.25) is 0 Å². The van der Waals surface area contributed by atoms with E-state index in [0.717, 1.165) is 29.2 Å². The smallest absolute Gasteiger partial charge is 0.330 e. The minimum absolute atomic E-state index is 0.123. The Bertz CT molecular complexity index is 1120. The van der Waals surface area contributed by atoms with E-state index < -0.39 is 5.97 Å². The van der Waals surface area contributed by atoms with Gasteiger partial charge in [-0.15, -0.1) is 0 Å². The van der Waals surface area contributed by atoms with Crippen LogP contribution in [0.3, 0.4) is 0 Å². The van der Waals surface area contributed by atoms with Gasteiger partial charge in [0.15, 0.2) is 0 Å². The molecule has 0 heterocycles. The van der Waals surface area contributed by atoms with E-state index in [1.807, 2.05) is 24.3 Å². The molecule has 0 radical (unpaired) electrons.